The second kappa shape index (κ2) is 8.00. The number of halogens is 3. The van der Waals surface area contributed by atoms with E-state index in [0.717, 1.165) is 30.5 Å². The summed E-state index contributed by atoms with van der Waals surface area (Å²) in [5.74, 6) is 0.660. The van der Waals surface area contributed by atoms with Crippen LogP contribution in [0, 0.1) is 0 Å². The Hall–Kier alpha value is -2.90. The topological polar surface area (TPSA) is 48.0 Å². The Bertz CT molecular complexity index is 836. The van der Waals surface area contributed by atoms with Gasteiger partial charge in [0.1, 0.15) is 17.2 Å². The molecule has 2 aromatic rings. The number of alkyl halides is 3. The molecule has 0 radical (unpaired) electrons. The van der Waals surface area contributed by atoms with Crippen LogP contribution in [-0.4, -0.2) is 37.9 Å². The Morgan fingerprint density at radius 2 is 1.71 bits per heavy atom. The molecule has 1 unspecified atom stereocenters. The smallest absolute Gasteiger partial charge is 0.497 e. The van der Waals surface area contributed by atoms with Crippen molar-refractivity contribution >= 4 is 5.91 Å². The molecule has 5 nitrogen and oxygen atoms in total. The van der Waals surface area contributed by atoms with Gasteiger partial charge in [-0.2, -0.15) is 0 Å². The van der Waals surface area contributed by atoms with E-state index in [2.05, 4.69) is 4.74 Å². The number of rotatable bonds is 5. The van der Waals surface area contributed by atoms with E-state index in [4.69, 9.17) is 9.47 Å². The summed E-state index contributed by atoms with van der Waals surface area (Å²) in [5.41, 5.74) is 1.17. The Balaban J connectivity index is 1.82. The zero-order chi connectivity index (χ0) is 20.3. The van der Waals surface area contributed by atoms with E-state index in [1.165, 1.54) is 12.1 Å². The number of benzene rings is 2. The molecule has 1 heterocycles. The third-order valence-electron chi connectivity index (χ3n) is 4.65. The lowest BCUT2D eigenvalue weighted by molar-refractivity contribution is -0.274. The van der Waals surface area contributed by atoms with E-state index in [-0.39, 0.29) is 17.7 Å². The van der Waals surface area contributed by atoms with Crippen molar-refractivity contribution in [1.29, 1.82) is 0 Å². The minimum atomic E-state index is -4.77. The van der Waals surface area contributed by atoms with Crippen molar-refractivity contribution in [2.75, 3.05) is 20.8 Å². The third-order valence-corrected chi connectivity index (χ3v) is 4.65. The number of hydrogen-bond donors (Lipinski definition) is 0. The molecule has 0 spiro atoms. The van der Waals surface area contributed by atoms with Crippen molar-refractivity contribution in [3.05, 3.63) is 53.6 Å². The van der Waals surface area contributed by atoms with Gasteiger partial charge in [0.05, 0.1) is 20.3 Å². The number of amides is 1. The summed E-state index contributed by atoms with van der Waals surface area (Å²) in [4.78, 5) is 14.7. The van der Waals surface area contributed by atoms with Crippen molar-refractivity contribution in [2.45, 2.75) is 25.2 Å². The summed E-state index contributed by atoms with van der Waals surface area (Å²) in [6.07, 6.45) is -3.18. The first-order valence-corrected chi connectivity index (χ1v) is 8.71. The maximum atomic E-state index is 12.9. The van der Waals surface area contributed by atoms with Crippen LogP contribution in [0.1, 0.15) is 34.8 Å². The van der Waals surface area contributed by atoms with Gasteiger partial charge < -0.3 is 19.1 Å². The second-order valence-electron chi connectivity index (χ2n) is 6.34. The largest absolute Gasteiger partial charge is 0.573 e. The quantitative estimate of drug-likeness (QED) is 0.744. The summed E-state index contributed by atoms with van der Waals surface area (Å²) in [6, 6.07) is 10.2. The number of nitrogens with zero attached hydrogens (tertiary/aromatic N) is 1. The van der Waals surface area contributed by atoms with Gasteiger partial charge in [0.25, 0.3) is 5.91 Å². The number of hydrogen-bond acceptors (Lipinski definition) is 4. The standard InChI is InChI=1S/C20H20F3NO4/c1-26-15-9-10-16(18(12-15)27-2)17-4-3-11-24(17)19(25)13-5-7-14(8-6-13)28-20(21,22)23/h5-10,12,17H,3-4,11H2,1-2H3. The predicted molar refractivity (Wildman–Crippen MR) is 95.7 cm³/mol. The molecule has 0 aliphatic carbocycles. The van der Waals surface area contributed by atoms with Gasteiger partial charge >= 0.3 is 6.36 Å². The molecule has 1 aliphatic heterocycles. The van der Waals surface area contributed by atoms with Crippen LogP contribution in [0.25, 0.3) is 0 Å². The molecule has 0 saturated carbocycles. The first-order chi connectivity index (χ1) is 13.3. The predicted octanol–water partition coefficient (Wildman–Crippen LogP) is 4.58. The zero-order valence-corrected chi connectivity index (χ0v) is 15.5. The molecule has 0 bridgehead atoms. The highest BCUT2D eigenvalue weighted by atomic mass is 19.4. The molecule has 0 aromatic heterocycles. The first-order valence-electron chi connectivity index (χ1n) is 8.71. The second-order valence-corrected chi connectivity index (χ2v) is 6.34. The number of methoxy groups -OCH3 is 2. The van der Waals surface area contributed by atoms with Crippen LogP contribution >= 0.6 is 0 Å². The van der Waals surface area contributed by atoms with Gasteiger partial charge in [0.2, 0.25) is 0 Å². The van der Waals surface area contributed by atoms with Gasteiger partial charge in [0, 0.05) is 23.7 Å². The summed E-state index contributed by atoms with van der Waals surface area (Å²) in [5, 5.41) is 0. The summed E-state index contributed by atoms with van der Waals surface area (Å²) in [6.45, 7) is 0.555. The monoisotopic (exact) mass is 395 g/mol. The van der Waals surface area contributed by atoms with Gasteiger partial charge in [0.15, 0.2) is 0 Å². The molecular formula is C20H20F3NO4. The highest BCUT2D eigenvalue weighted by molar-refractivity contribution is 5.94. The van der Waals surface area contributed by atoms with Crippen molar-refractivity contribution in [2.24, 2.45) is 0 Å². The number of ether oxygens (including phenoxy) is 3. The fourth-order valence-corrected chi connectivity index (χ4v) is 3.39. The fourth-order valence-electron chi connectivity index (χ4n) is 3.39. The average molecular weight is 395 g/mol. The van der Waals surface area contributed by atoms with Crippen LogP contribution < -0.4 is 14.2 Å². The maximum absolute atomic E-state index is 12.9. The van der Waals surface area contributed by atoms with E-state index in [9.17, 15) is 18.0 Å². The minimum absolute atomic E-state index is 0.181. The van der Waals surface area contributed by atoms with Gasteiger partial charge in [-0.15, -0.1) is 13.2 Å². The molecule has 3 rings (SSSR count). The van der Waals surface area contributed by atoms with Gasteiger partial charge in [-0.05, 0) is 49.2 Å². The summed E-state index contributed by atoms with van der Waals surface area (Å²) < 4.78 is 51.4. The molecule has 0 N–H and O–H groups in total. The van der Waals surface area contributed by atoms with E-state index in [1.54, 1.807) is 25.2 Å². The Morgan fingerprint density at radius 3 is 2.32 bits per heavy atom. The third kappa shape index (κ3) is 4.32. The Morgan fingerprint density at radius 1 is 1.04 bits per heavy atom. The average Bonchev–Trinajstić information content (AvgIpc) is 3.15. The van der Waals surface area contributed by atoms with Crippen molar-refractivity contribution < 1.29 is 32.2 Å². The normalized spacial score (nSPS) is 16.8. The lowest BCUT2D eigenvalue weighted by Crippen LogP contribution is -2.30. The lowest BCUT2D eigenvalue weighted by Gasteiger charge is -2.26. The maximum Gasteiger partial charge on any atom is 0.573 e. The highest BCUT2D eigenvalue weighted by Crippen LogP contribution is 2.39. The van der Waals surface area contributed by atoms with Crippen LogP contribution in [0.5, 0.6) is 17.2 Å². The van der Waals surface area contributed by atoms with Crippen molar-refractivity contribution in [3.63, 3.8) is 0 Å². The van der Waals surface area contributed by atoms with Gasteiger partial charge in [-0.3, -0.25) is 4.79 Å². The van der Waals surface area contributed by atoms with Crippen LogP contribution in [0.15, 0.2) is 42.5 Å². The minimum Gasteiger partial charge on any atom is -0.497 e. The van der Waals surface area contributed by atoms with Crippen LogP contribution in [0.4, 0.5) is 13.2 Å². The Kier molecular flexibility index (Phi) is 5.67. The molecule has 150 valence electrons. The number of likely N-dealkylation sites (tertiary alicyclic amines) is 1. The van der Waals surface area contributed by atoms with Crippen molar-refractivity contribution in [3.8, 4) is 17.2 Å². The molecule has 28 heavy (non-hydrogen) atoms. The number of carbonyl (C=O) groups is 1. The Labute approximate surface area is 160 Å². The molecule has 1 saturated heterocycles. The highest BCUT2D eigenvalue weighted by Gasteiger charge is 2.33. The molecule has 1 atom stereocenters. The molecule has 1 aliphatic rings. The SMILES string of the molecule is COc1ccc(C2CCCN2C(=O)c2ccc(OC(F)(F)F)cc2)c(OC)c1. The van der Waals surface area contributed by atoms with E-state index in [0.29, 0.717) is 23.6 Å². The summed E-state index contributed by atoms with van der Waals surface area (Å²) in [7, 11) is 3.12. The summed E-state index contributed by atoms with van der Waals surface area (Å²) >= 11 is 0. The molecule has 1 amide bonds. The van der Waals surface area contributed by atoms with Crippen LogP contribution in [0.2, 0.25) is 0 Å². The van der Waals surface area contributed by atoms with Gasteiger partial charge in [-0.25, -0.2) is 0 Å². The van der Waals surface area contributed by atoms with E-state index < -0.39 is 6.36 Å². The van der Waals surface area contributed by atoms with Gasteiger partial charge in [-0.1, -0.05) is 0 Å². The molecule has 8 heteroatoms. The van der Waals surface area contributed by atoms with Crippen LogP contribution in [0.3, 0.4) is 0 Å². The fraction of sp³-hybridized carbons (Fsp3) is 0.350. The molecule has 1 fully saturated rings. The van der Waals surface area contributed by atoms with E-state index in [1.807, 2.05) is 12.1 Å². The first kappa shape index (κ1) is 19.9. The lowest BCUT2D eigenvalue weighted by atomic mass is 10.0. The molecule has 2 aromatic carbocycles. The van der Waals surface area contributed by atoms with Crippen LogP contribution in [-0.2, 0) is 0 Å². The van der Waals surface area contributed by atoms with Crippen molar-refractivity contribution in [1.82, 2.24) is 4.90 Å². The number of carbonyl (C=O) groups excluding carboxylic acids is 1. The molecular weight excluding hydrogens is 375 g/mol. The zero-order valence-electron chi connectivity index (χ0n) is 15.5. The van der Waals surface area contributed by atoms with E-state index >= 15 is 0 Å².